The minimum Gasteiger partial charge on any atom is -0.408 e. The first-order chi connectivity index (χ1) is 10.1. The first-order valence-corrected chi connectivity index (χ1v) is 6.96. The third kappa shape index (κ3) is 2.38. The molecule has 2 aromatic carbocycles. The minimum atomic E-state index is -0.421. The van der Waals surface area contributed by atoms with Crippen molar-refractivity contribution in [3.63, 3.8) is 0 Å². The van der Waals surface area contributed by atoms with Crippen molar-refractivity contribution in [2.75, 3.05) is 7.05 Å². The van der Waals surface area contributed by atoms with Crippen LogP contribution in [0.15, 0.2) is 45.6 Å². The average Bonchev–Trinajstić information content (AvgIpc) is 2.82. The second kappa shape index (κ2) is 5.22. The van der Waals surface area contributed by atoms with E-state index in [9.17, 15) is 4.79 Å². The van der Waals surface area contributed by atoms with Crippen LogP contribution in [-0.2, 0) is 0 Å². The fraction of sp³-hybridized carbons (Fsp3) is 0.235. The van der Waals surface area contributed by atoms with Crippen LogP contribution < -0.4 is 11.1 Å². The third-order valence-electron chi connectivity index (χ3n) is 3.90. The van der Waals surface area contributed by atoms with Crippen LogP contribution in [0.4, 0.5) is 0 Å². The average molecular weight is 282 g/mol. The van der Waals surface area contributed by atoms with Crippen molar-refractivity contribution < 1.29 is 4.42 Å². The van der Waals surface area contributed by atoms with Crippen LogP contribution in [0.25, 0.3) is 11.1 Å². The van der Waals surface area contributed by atoms with E-state index >= 15 is 0 Å². The Labute approximate surface area is 122 Å². The summed E-state index contributed by atoms with van der Waals surface area (Å²) in [4.78, 5) is 13.9. The molecule has 0 saturated heterocycles. The molecule has 0 aliphatic rings. The molecule has 0 radical (unpaired) electrons. The molecule has 3 rings (SSSR count). The van der Waals surface area contributed by atoms with E-state index in [2.05, 4.69) is 42.3 Å². The summed E-state index contributed by atoms with van der Waals surface area (Å²) in [6.07, 6.45) is 0. The lowest BCUT2D eigenvalue weighted by Crippen LogP contribution is -2.19. The normalized spacial score (nSPS) is 12.7. The van der Waals surface area contributed by atoms with Gasteiger partial charge in [-0.3, -0.25) is 4.98 Å². The molecule has 4 heteroatoms. The van der Waals surface area contributed by atoms with Crippen molar-refractivity contribution in [3.05, 3.63) is 69.2 Å². The van der Waals surface area contributed by atoms with Gasteiger partial charge in [-0.15, -0.1) is 0 Å². The van der Waals surface area contributed by atoms with Gasteiger partial charge in [0.2, 0.25) is 0 Å². The van der Waals surface area contributed by atoms with E-state index < -0.39 is 5.76 Å². The number of hydrogen-bond acceptors (Lipinski definition) is 3. The monoisotopic (exact) mass is 282 g/mol. The van der Waals surface area contributed by atoms with E-state index in [-0.39, 0.29) is 6.04 Å². The first-order valence-electron chi connectivity index (χ1n) is 6.96. The molecule has 1 aromatic heterocycles. The quantitative estimate of drug-likeness (QED) is 0.776. The molecule has 0 aliphatic heterocycles. The number of H-pyrrole nitrogens is 1. The molecule has 0 bridgehead atoms. The van der Waals surface area contributed by atoms with Crippen LogP contribution >= 0.6 is 0 Å². The largest absolute Gasteiger partial charge is 0.417 e. The van der Waals surface area contributed by atoms with Gasteiger partial charge in [0.25, 0.3) is 0 Å². The topological polar surface area (TPSA) is 58.0 Å². The number of oxazole rings is 1. The van der Waals surface area contributed by atoms with Gasteiger partial charge in [-0.2, -0.15) is 0 Å². The Morgan fingerprint density at radius 3 is 2.52 bits per heavy atom. The van der Waals surface area contributed by atoms with Crippen LogP contribution in [0, 0.1) is 13.8 Å². The van der Waals surface area contributed by atoms with Crippen molar-refractivity contribution in [2.24, 2.45) is 0 Å². The SMILES string of the molecule is CNC(c1ccc2[nH]c(=O)oc2c1)c1c(C)cccc1C. The molecule has 108 valence electrons. The number of aromatic nitrogens is 1. The van der Waals surface area contributed by atoms with E-state index in [0.717, 1.165) is 11.1 Å². The van der Waals surface area contributed by atoms with Crippen molar-refractivity contribution in [3.8, 4) is 0 Å². The highest BCUT2D eigenvalue weighted by Crippen LogP contribution is 2.29. The summed E-state index contributed by atoms with van der Waals surface area (Å²) in [6, 6.07) is 12.2. The highest BCUT2D eigenvalue weighted by atomic mass is 16.4. The van der Waals surface area contributed by atoms with Gasteiger partial charge in [0.15, 0.2) is 5.58 Å². The van der Waals surface area contributed by atoms with E-state index in [1.165, 1.54) is 16.7 Å². The fourth-order valence-corrected chi connectivity index (χ4v) is 2.90. The predicted octanol–water partition coefficient (Wildman–Crippen LogP) is 3.05. The second-order valence-corrected chi connectivity index (χ2v) is 5.30. The number of benzene rings is 2. The summed E-state index contributed by atoms with van der Waals surface area (Å²) in [5.74, 6) is -0.421. The molecule has 0 fully saturated rings. The van der Waals surface area contributed by atoms with Crippen LogP contribution in [0.3, 0.4) is 0 Å². The molecule has 0 spiro atoms. The maximum atomic E-state index is 11.3. The van der Waals surface area contributed by atoms with E-state index in [0.29, 0.717) is 5.58 Å². The van der Waals surface area contributed by atoms with Crippen molar-refractivity contribution >= 4 is 11.1 Å². The molecular weight excluding hydrogens is 264 g/mol. The molecule has 3 aromatic rings. The summed E-state index contributed by atoms with van der Waals surface area (Å²) in [6.45, 7) is 4.23. The molecule has 0 amide bonds. The molecular formula is C17H18N2O2. The molecule has 0 saturated carbocycles. The van der Waals surface area contributed by atoms with Gasteiger partial charge < -0.3 is 9.73 Å². The molecule has 1 heterocycles. The van der Waals surface area contributed by atoms with E-state index in [1.807, 2.05) is 25.2 Å². The van der Waals surface area contributed by atoms with Gasteiger partial charge in [0.05, 0.1) is 11.6 Å². The Morgan fingerprint density at radius 1 is 1.14 bits per heavy atom. The van der Waals surface area contributed by atoms with Crippen LogP contribution in [-0.4, -0.2) is 12.0 Å². The first kappa shape index (κ1) is 13.6. The zero-order valence-electron chi connectivity index (χ0n) is 12.4. The molecule has 1 atom stereocenters. The third-order valence-corrected chi connectivity index (χ3v) is 3.90. The Kier molecular flexibility index (Phi) is 3.39. The van der Waals surface area contributed by atoms with Gasteiger partial charge >= 0.3 is 5.76 Å². The predicted molar refractivity (Wildman–Crippen MR) is 83.7 cm³/mol. The highest BCUT2D eigenvalue weighted by Gasteiger charge is 2.17. The van der Waals surface area contributed by atoms with E-state index in [4.69, 9.17) is 4.42 Å². The molecule has 2 N–H and O–H groups in total. The number of fused-ring (bicyclic) bond motifs is 1. The summed E-state index contributed by atoms with van der Waals surface area (Å²) in [7, 11) is 1.94. The van der Waals surface area contributed by atoms with Crippen molar-refractivity contribution in [1.29, 1.82) is 0 Å². The zero-order chi connectivity index (χ0) is 15.0. The number of aromatic amines is 1. The lowest BCUT2D eigenvalue weighted by atomic mass is 9.91. The summed E-state index contributed by atoms with van der Waals surface area (Å²) < 4.78 is 5.16. The zero-order valence-corrected chi connectivity index (χ0v) is 12.4. The number of hydrogen-bond donors (Lipinski definition) is 2. The Balaban J connectivity index is 2.15. The van der Waals surface area contributed by atoms with Gasteiger partial charge in [-0.1, -0.05) is 24.3 Å². The second-order valence-electron chi connectivity index (χ2n) is 5.30. The summed E-state index contributed by atoms with van der Waals surface area (Å²) >= 11 is 0. The van der Waals surface area contributed by atoms with Crippen LogP contribution in [0.1, 0.15) is 28.3 Å². The Morgan fingerprint density at radius 2 is 1.86 bits per heavy atom. The Bertz CT molecular complexity index is 825. The fourth-order valence-electron chi connectivity index (χ4n) is 2.90. The Hall–Kier alpha value is -2.33. The van der Waals surface area contributed by atoms with Gasteiger partial charge in [0.1, 0.15) is 0 Å². The number of rotatable bonds is 3. The number of aryl methyl sites for hydroxylation is 2. The summed E-state index contributed by atoms with van der Waals surface area (Å²) in [5.41, 5.74) is 6.13. The molecule has 0 aliphatic carbocycles. The van der Waals surface area contributed by atoms with Gasteiger partial charge in [-0.05, 0) is 55.3 Å². The van der Waals surface area contributed by atoms with Crippen molar-refractivity contribution in [1.82, 2.24) is 10.3 Å². The van der Waals surface area contributed by atoms with Crippen LogP contribution in [0.5, 0.6) is 0 Å². The highest BCUT2D eigenvalue weighted by molar-refractivity contribution is 5.73. The smallest absolute Gasteiger partial charge is 0.408 e. The molecule has 1 unspecified atom stereocenters. The van der Waals surface area contributed by atoms with Gasteiger partial charge in [0, 0.05) is 0 Å². The lowest BCUT2D eigenvalue weighted by molar-refractivity contribution is 0.554. The lowest BCUT2D eigenvalue weighted by Gasteiger charge is -2.21. The van der Waals surface area contributed by atoms with E-state index in [1.54, 1.807) is 0 Å². The molecule has 4 nitrogen and oxygen atoms in total. The summed E-state index contributed by atoms with van der Waals surface area (Å²) in [5, 5.41) is 3.36. The van der Waals surface area contributed by atoms with Crippen molar-refractivity contribution in [2.45, 2.75) is 19.9 Å². The molecule has 21 heavy (non-hydrogen) atoms. The maximum Gasteiger partial charge on any atom is 0.417 e. The maximum absolute atomic E-state index is 11.3. The minimum absolute atomic E-state index is 0.0656. The number of nitrogens with one attached hydrogen (secondary N) is 2. The van der Waals surface area contributed by atoms with Gasteiger partial charge in [-0.25, -0.2) is 4.79 Å². The van der Waals surface area contributed by atoms with Crippen LogP contribution in [0.2, 0.25) is 0 Å². The standard InChI is InChI=1S/C17H18N2O2/c1-10-5-4-6-11(2)15(10)16(18-3)12-7-8-13-14(9-12)21-17(20)19-13/h4-9,16,18H,1-3H3,(H,19,20).